The number of hydrogen-bond acceptors (Lipinski definition) is 12. The molecule has 1 aliphatic rings. The SMILES string of the molecule is CCCCCCCCCCC(=O)OCC(COC(=O)CCCC(COC(=O)CCCCCCC)COC(=O)CCCCCCC)COC(=O)CCN(CCO)C1CCC1. The van der Waals surface area contributed by atoms with Crippen LogP contribution in [-0.2, 0) is 47.7 Å². The summed E-state index contributed by atoms with van der Waals surface area (Å²) in [6, 6.07) is 0.387. The van der Waals surface area contributed by atoms with Gasteiger partial charge < -0.3 is 28.8 Å². The van der Waals surface area contributed by atoms with Gasteiger partial charge >= 0.3 is 29.8 Å². The number of carbonyl (C=O) groups excluding carboxylic acids is 5. The van der Waals surface area contributed by atoms with Crippen molar-refractivity contribution in [1.29, 1.82) is 0 Å². The summed E-state index contributed by atoms with van der Waals surface area (Å²) in [5, 5.41) is 9.46. The maximum absolute atomic E-state index is 12.9. The van der Waals surface area contributed by atoms with Crippen molar-refractivity contribution < 1.29 is 52.8 Å². The normalized spacial score (nSPS) is 13.3. The van der Waals surface area contributed by atoms with Crippen molar-refractivity contribution in [3.8, 4) is 0 Å². The first-order valence-corrected chi connectivity index (χ1v) is 23.8. The lowest BCUT2D eigenvalue weighted by molar-refractivity contribution is -0.155. The molecule has 1 aliphatic carbocycles. The number of aliphatic hydroxyl groups excluding tert-OH is 1. The van der Waals surface area contributed by atoms with Crippen LogP contribution in [0.25, 0.3) is 0 Å². The maximum Gasteiger partial charge on any atom is 0.307 e. The molecule has 59 heavy (non-hydrogen) atoms. The summed E-state index contributed by atoms with van der Waals surface area (Å²) in [5.41, 5.74) is 0. The predicted octanol–water partition coefficient (Wildman–Crippen LogP) is 9.59. The fourth-order valence-electron chi connectivity index (χ4n) is 7.05. The van der Waals surface area contributed by atoms with E-state index >= 15 is 0 Å². The van der Waals surface area contributed by atoms with Crippen LogP contribution in [0.4, 0.5) is 0 Å². The van der Waals surface area contributed by atoms with E-state index in [0.29, 0.717) is 51.2 Å². The molecule has 12 nitrogen and oxygen atoms in total. The lowest BCUT2D eigenvalue weighted by Gasteiger charge is -2.37. The number of hydrogen-bond donors (Lipinski definition) is 1. The van der Waals surface area contributed by atoms with Gasteiger partial charge in [0, 0.05) is 50.7 Å². The summed E-state index contributed by atoms with van der Waals surface area (Å²) < 4.78 is 27.9. The molecule has 1 fully saturated rings. The van der Waals surface area contributed by atoms with E-state index in [-0.39, 0.29) is 76.3 Å². The van der Waals surface area contributed by atoms with E-state index in [4.69, 9.17) is 23.7 Å². The number of unbranched alkanes of at least 4 members (excludes halogenated alkanes) is 15. The third-order valence-electron chi connectivity index (χ3n) is 11.2. The number of nitrogens with zero attached hydrogens (tertiary/aromatic N) is 1. The first kappa shape index (κ1) is 54.3. The van der Waals surface area contributed by atoms with Crippen LogP contribution in [0.15, 0.2) is 0 Å². The van der Waals surface area contributed by atoms with Crippen LogP contribution in [-0.4, -0.2) is 98.6 Å². The molecule has 0 amide bonds. The van der Waals surface area contributed by atoms with Gasteiger partial charge in [-0.05, 0) is 44.9 Å². The number of esters is 5. The predicted molar refractivity (Wildman–Crippen MR) is 231 cm³/mol. The molecule has 0 aromatic rings. The maximum atomic E-state index is 12.9. The van der Waals surface area contributed by atoms with Gasteiger partial charge in [0.25, 0.3) is 0 Å². The Kier molecular flexibility index (Phi) is 35.2. The molecule has 0 heterocycles. The van der Waals surface area contributed by atoms with Gasteiger partial charge in [-0.15, -0.1) is 0 Å². The summed E-state index contributed by atoms with van der Waals surface area (Å²) in [6.07, 6.45) is 24.7. The quantitative estimate of drug-likeness (QED) is 0.0354. The molecule has 0 spiro atoms. The van der Waals surface area contributed by atoms with Crippen molar-refractivity contribution in [3.05, 3.63) is 0 Å². The Bertz CT molecular complexity index is 1050. The molecule has 1 atom stereocenters. The minimum Gasteiger partial charge on any atom is -0.465 e. The first-order valence-electron chi connectivity index (χ1n) is 23.8. The van der Waals surface area contributed by atoms with Crippen molar-refractivity contribution in [3.63, 3.8) is 0 Å². The zero-order valence-corrected chi connectivity index (χ0v) is 37.7. The Morgan fingerprint density at radius 1 is 0.458 bits per heavy atom. The van der Waals surface area contributed by atoms with E-state index in [9.17, 15) is 29.1 Å². The number of ether oxygens (including phenoxy) is 5. The van der Waals surface area contributed by atoms with E-state index in [2.05, 4.69) is 25.7 Å². The summed E-state index contributed by atoms with van der Waals surface area (Å²) in [6.45, 7) is 7.59. The van der Waals surface area contributed by atoms with Crippen LogP contribution >= 0.6 is 0 Å². The van der Waals surface area contributed by atoms with E-state index < -0.39 is 17.9 Å². The Hall–Kier alpha value is -2.73. The smallest absolute Gasteiger partial charge is 0.307 e. The van der Waals surface area contributed by atoms with Crippen molar-refractivity contribution in [2.45, 2.75) is 207 Å². The first-order chi connectivity index (χ1) is 28.7. The molecule has 0 radical (unpaired) electrons. The van der Waals surface area contributed by atoms with Crippen molar-refractivity contribution in [1.82, 2.24) is 4.90 Å². The van der Waals surface area contributed by atoms with Crippen LogP contribution in [0.5, 0.6) is 0 Å². The van der Waals surface area contributed by atoms with Gasteiger partial charge in [0.05, 0.1) is 32.2 Å². The standard InChI is InChI=1S/C47H85NO11/c1-4-7-10-13-14-15-18-21-29-45(52)57-37-41(39-59-47(54)31-32-48(33-34-49)42-25-23-26-42)38-58-46(53)30-22-24-40(35-55-43(50)27-19-16-11-8-5-2)36-56-44(51)28-20-17-12-9-6-3/h40-42,49H,4-39H2,1-3H3. The molecule has 1 rings (SSSR count). The molecule has 0 bridgehead atoms. The Labute approximate surface area is 357 Å². The third-order valence-corrected chi connectivity index (χ3v) is 11.2. The molecule has 0 aliphatic heterocycles. The Morgan fingerprint density at radius 3 is 1.15 bits per heavy atom. The molecule has 1 N–H and O–H groups in total. The monoisotopic (exact) mass is 840 g/mol. The zero-order chi connectivity index (χ0) is 43.2. The van der Waals surface area contributed by atoms with Gasteiger partial charge in [-0.1, -0.05) is 124 Å². The van der Waals surface area contributed by atoms with E-state index in [1.807, 2.05) is 0 Å². The fourth-order valence-corrected chi connectivity index (χ4v) is 7.05. The minimum absolute atomic E-state index is 0.0311. The molecule has 1 saturated carbocycles. The second-order valence-corrected chi connectivity index (χ2v) is 16.7. The van der Waals surface area contributed by atoms with Crippen LogP contribution in [0.3, 0.4) is 0 Å². The zero-order valence-electron chi connectivity index (χ0n) is 37.7. The highest BCUT2D eigenvalue weighted by atomic mass is 16.6. The van der Waals surface area contributed by atoms with Gasteiger partial charge in [0.1, 0.15) is 19.8 Å². The molecular formula is C47H85NO11. The van der Waals surface area contributed by atoms with Crippen LogP contribution < -0.4 is 0 Å². The highest BCUT2D eigenvalue weighted by molar-refractivity contribution is 5.71. The molecule has 1 unspecified atom stereocenters. The van der Waals surface area contributed by atoms with E-state index in [1.165, 1.54) is 32.1 Å². The van der Waals surface area contributed by atoms with Gasteiger partial charge in [0.15, 0.2) is 0 Å². The van der Waals surface area contributed by atoms with E-state index in [0.717, 1.165) is 103 Å². The third kappa shape index (κ3) is 31.8. The summed E-state index contributed by atoms with van der Waals surface area (Å²) in [7, 11) is 0. The van der Waals surface area contributed by atoms with E-state index in [1.54, 1.807) is 0 Å². The van der Waals surface area contributed by atoms with Gasteiger partial charge in [-0.2, -0.15) is 0 Å². The average Bonchev–Trinajstić information content (AvgIpc) is 3.20. The minimum atomic E-state index is -0.527. The lowest BCUT2D eigenvalue weighted by atomic mass is 9.91. The summed E-state index contributed by atoms with van der Waals surface area (Å²) in [5.74, 6) is -2.46. The lowest BCUT2D eigenvalue weighted by Crippen LogP contribution is -2.43. The number of rotatable bonds is 41. The van der Waals surface area contributed by atoms with Crippen LogP contribution in [0.1, 0.15) is 201 Å². The molecule has 344 valence electrons. The average molecular weight is 840 g/mol. The van der Waals surface area contributed by atoms with Gasteiger partial charge in [0.2, 0.25) is 0 Å². The highest BCUT2D eigenvalue weighted by Crippen LogP contribution is 2.24. The fraction of sp³-hybridized carbons (Fsp3) is 0.894. The summed E-state index contributed by atoms with van der Waals surface area (Å²) in [4.78, 5) is 65.2. The second-order valence-electron chi connectivity index (χ2n) is 16.7. The topological polar surface area (TPSA) is 155 Å². The molecule has 12 heteroatoms. The number of carbonyl (C=O) groups is 5. The van der Waals surface area contributed by atoms with Crippen molar-refractivity contribution in [2.75, 3.05) is 52.7 Å². The molecule has 0 aromatic carbocycles. The largest absolute Gasteiger partial charge is 0.465 e. The van der Waals surface area contributed by atoms with Gasteiger partial charge in [-0.25, -0.2) is 0 Å². The van der Waals surface area contributed by atoms with Crippen LogP contribution in [0, 0.1) is 11.8 Å². The Morgan fingerprint density at radius 2 is 0.797 bits per heavy atom. The summed E-state index contributed by atoms with van der Waals surface area (Å²) >= 11 is 0. The van der Waals surface area contributed by atoms with Crippen molar-refractivity contribution in [2.24, 2.45) is 11.8 Å². The van der Waals surface area contributed by atoms with Gasteiger partial charge in [-0.3, -0.25) is 28.9 Å². The Balaban J connectivity index is 2.66. The second kappa shape index (κ2) is 38.2. The highest BCUT2D eigenvalue weighted by Gasteiger charge is 2.25. The number of aliphatic hydroxyl groups is 1. The van der Waals surface area contributed by atoms with Crippen molar-refractivity contribution >= 4 is 29.8 Å². The van der Waals surface area contributed by atoms with Crippen LogP contribution in [0.2, 0.25) is 0 Å². The molecule has 0 aromatic heterocycles. The molecule has 0 saturated heterocycles. The molecular weight excluding hydrogens is 755 g/mol.